The third-order valence-electron chi connectivity index (χ3n) is 4.65. The minimum absolute atomic E-state index is 0.0805. The van der Waals surface area contributed by atoms with Crippen LogP contribution in [0.3, 0.4) is 0 Å². The predicted molar refractivity (Wildman–Crippen MR) is 80.3 cm³/mol. The number of rotatable bonds is 2. The normalized spacial score (nSPS) is 23.9. The van der Waals surface area contributed by atoms with E-state index in [-0.39, 0.29) is 5.91 Å². The average Bonchev–Trinajstić information content (AvgIpc) is 3.21. The van der Waals surface area contributed by atoms with E-state index in [1.54, 1.807) is 36.4 Å². The number of hydrogen-bond donors (Lipinski definition) is 0. The molecule has 114 valence electrons. The number of nitrogens with zero attached hydrogens (tertiary/aromatic N) is 6. The lowest BCUT2D eigenvalue weighted by atomic mass is 10.0. The number of fused-ring (bicyclic) bond motifs is 1. The third kappa shape index (κ3) is 2.13. The van der Waals surface area contributed by atoms with Crippen LogP contribution in [0.4, 0.5) is 5.95 Å². The fourth-order valence-electron chi connectivity index (χ4n) is 3.52. The monoisotopic (exact) mass is 298 g/mol. The van der Waals surface area contributed by atoms with Crippen molar-refractivity contribution in [1.29, 1.82) is 0 Å². The number of likely N-dealkylation sites (tertiary alicyclic amines) is 1. The van der Waals surface area contributed by atoms with Crippen LogP contribution in [0.25, 0.3) is 0 Å². The summed E-state index contributed by atoms with van der Waals surface area (Å²) in [6.45, 7) is 3.45. The first-order valence-corrected chi connectivity index (χ1v) is 7.51. The number of carbonyl (C=O) groups excluding carboxylic acids is 1. The summed E-state index contributed by atoms with van der Waals surface area (Å²) < 4.78 is 1.64. The van der Waals surface area contributed by atoms with Crippen LogP contribution in [-0.4, -0.2) is 56.7 Å². The van der Waals surface area contributed by atoms with E-state index in [4.69, 9.17) is 0 Å². The lowest BCUT2D eigenvalue weighted by Gasteiger charge is -2.21. The number of amides is 1. The van der Waals surface area contributed by atoms with Crippen molar-refractivity contribution in [2.75, 3.05) is 31.1 Å². The largest absolute Gasteiger partial charge is 0.340 e. The highest BCUT2D eigenvalue weighted by atomic mass is 16.2. The molecule has 2 aromatic heterocycles. The summed E-state index contributed by atoms with van der Waals surface area (Å²) in [6, 6.07) is 3.61. The second-order valence-electron chi connectivity index (χ2n) is 6.02. The molecular weight excluding hydrogens is 280 g/mol. The Morgan fingerprint density at radius 1 is 1.09 bits per heavy atom. The van der Waals surface area contributed by atoms with Gasteiger partial charge in [-0.25, -0.2) is 9.97 Å². The van der Waals surface area contributed by atoms with Crippen molar-refractivity contribution in [3.63, 3.8) is 0 Å². The molecule has 7 heteroatoms. The van der Waals surface area contributed by atoms with Gasteiger partial charge in [-0.15, -0.1) is 0 Å². The van der Waals surface area contributed by atoms with Crippen LogP contribution < -0.4 is 4.90 Å². The van der Waals surface area contributed by atoms with E-state index < -0.39 is 0 Å². The number of carbonyl (C=O) groups is 1. The molecule has 2 aromatic rings. The van der Waals surface area contributed by atoms with Crippen molar-refractivity contribution < 1.29 is 4.79 Å². The van der Waals surface area contributed by atoms with Gasteiger partial charge in [-0.05, 0) is 12.1 Å². The molecule has 0 saturated carbocycles. The van der Waals surface area contributed by atoms with Crippen LogP contribution in [0, 0.1) is 11.8 Å². The fraction of sp³-hybridized carbons (Fsp3) is 0.467. The summed E-state index contributed by atoms with van der Waals surface area (Å²) in [5.74, 6) is 1.88. The predicted octanol–water partition coefficient (Wildman–Crippen LogP) is 0.418. The Morgan fingerprint density at radius 2 is 1.77 bits per heavy atom. The maximum atomic E-state index is 12.5. The maximum absolute atomic E-state index is 12.5. The van der Waals surface area contributed by atoms with Gasteiger partial charge in [0.05, 0.1) is 0 Å². The van der Waals surface area contributed by atoms with Gasteiger partial charge >= 0.3 is 0 Å². The minimum Gasteiger partial charge on any atom is -0.340 e. The molecule has 0 spiro atoms. The van der Waals surface area contributed by atoms with Crippen LogP contribution in [0.15, 0.2) is 30.7 Å². The first-order valence-electron chi connectivity index (χ1n) is 7.51. The van der Waals surface area contributed by atoms with E-state index >= 15 is 0 Å². The Balaban J connectivity index is 1.44. The molecule has 2 atom stereocenters. The average molecular weight is 298 g/mol. The Bertz CT molecular complexity index is 670. The van der Waals surface area contributed by atoms with Crippen molar-refractivity contribution in [3.8, 4) is 0 Å². The van der Waals surface area contributed by atoms with Gasteiger partial charge in [-0.3, -0.25) is 9.48 Å². The van der Waals surface area contributed by atoms with Crippen LogP contribution in [0.5, 0.6) is 0 Å². The molecule has 0 aliphatic carbocycles. The first kappa shape index (κ1) is 13.2. The Labute approximate surface area is 128 Å². The van der Waals surface area contributed by atoms with E-state index in [1.807, 2.05) is 11.0 Å². The van der Waals surface area contributed by atoms with E-state index in [1.165, 1.54) is 0 Å². The van der Waals surface area contributed by atoms with E-state index in [0.29, 0.717) is 17.5 Å². The van der Waals surface area contributed by atoms with Gasteiger partial charge in [0.2, 0.25) is 5.95 Å². The number of anilines is 1. The van der Waals surface area contributed by atoms with Gasteiger partial charge in [0, 0.05) is 63.7 Å². The van der Waals surface area contributed by atoms with Crippen LogP contribution in [-0.2, 0) is 7.05 Å². The molecule has 4 rings (SSSR count). The van der Waals surface area contributed by atoms with Crippen molar-refractivity contribution >= 4 is 11.9 Å². The first-order chi connectivity index (χ1) is 10.7. The molecule has 0 aromatic carbocycles. The number of aryl methyl sites for hydroxylation is 1. The lowest BCUT2D eigenvalue weighted by molar-refractivity contribution is 0.0771. The molecule has 22 heavy (non-hydrogen) atoms. The van der Waals surface area contributed by atoms with Gasteiger partial charge < -0.3 is 9.80 Å². The highest BCUT2D eigenvalue weighted by molar-refractivity contribution is 5.92. The molecular formula is C15H18N6O. The van der Waals surface area contributed by atoms with Crippen molar-refractivity contribution in [1.82, 2.24) is 24.6 Å². The SMILES string of the molecule is Cn1nccc1C(=O)N1CC2CN(c3ncccn3)CC2C1. The second-order valence-corrected chi connectivity index (χ2v) is 6.02. The number of aromatic nitrogens is 4. The van der Waals surface area contributed by atoms with Gasteiger partial charge in [0.15, 0.2) is 0 Å². The zero-order valence-electron chi connectivity index (χ0n) is 12.5. The molecule has 7 nitrogen and oxygen atoms in total. The molecule has 2 aliphatic rings. The van der Waals surface area contributed by atoms with Crippen molar-refractivity contribution in [3.05, 3.63) is 36.4 Å². The van der Waals surface area contributed by atoms with Gasteiger partial charge in [-0.2, -0.15) is 5.10 Å². The standard InChI is InChI=1S/C15H18N6O/c1-19-13(3-6-18-19)14(22)20-7-11-9-21(10-12(11)8-20)15-16-4-2-5-17-15/h2-6,11-12H,7-10H2,1H3. The maximum Gasteiger partial charge on any atom is 0.272 e. The van der Waals surface area contributed by atoms with Crippen LogP contribution in [0.2, 0.25) is 0 Å². The summed E-state index contributed by atoms with van der Waals surface area (Å²) in [5.41, 5.74) is 0.656. The van der Waals surface area contributed by atoms with E-state index in [0.717, 1.165) is 32.1 Å². The third-order valence-corrected chi connectivity index (χ3v) is 4.65. The summed E-state index contributed by atoms with van der Waals surface area (Å²) in [6.07, 6.45) is 5.21. The molecule has 4 heterocycles. The molecule has 2 unspecified atom stereocenters. The highest BCUT2D eigenvalue weighted by Crippen LogP contribution is 2.33. The quantitative estimate of drug-likeness (QED) is 0.804. The van der Waals surface area contributed by atoms with Gasteiger partial charge in [0.25, 0.3) is 5.91 Å². The Morgan fingerprint density at radius 3 is 2.36 bits per heavy atom. The van der Waals surface area contributed by atoms with Crippen molar-refractivity contribution in [2.24, 2.45) is 18.9 Å². The smallest absolute Gasteiger partial charge is 0.272 e. The van der Waals surface area contributed by atoms with E-state index in [2.05, 4.69) is 20.0 Å². The summed E-state index contributed by atoms with van der Waals surface area (Å²) in [4.78, 5) is 25.3. The van der Waals surface area contributed by atoms with Gasteiger partial charge in [-0.1, -0.05) is 0 Å². The van der Waals surface area contributed by atoms with Gasteiger partial charge in [0.1, 0.15) is 5.69 Å². The lowest BCUT2D eigenvalue weighted by Crippen LogP contribution is -2.34. The van der Waals surface area contributed by atoms with E-state index in [9.17, 15) is 4.79 Å². The Kier molecular flexibility index (Phi) is 3.06. The second kappa shape index (κ2) is 5.08. The molecule has 0 bridgehead atoms. The molecule has 1 amide bonds. The highest BCUT2D eigenvalue weighted by Gasteiger charge is 2.42. The minimum atomic E-state index is 0.0805. The molecule has 2 aliphatic heterocycles. The summed E-state index contributed by atoms with van der Waals surface area (Å²) >= 11 is 0. The zero-order chi connectivity index (χ0) is 15.1. The summed E-state index contributed by atoms with van der Waals surface area (Å²) in [7, 11) is 1.80. The molecule has 0 N–H and O–H groups in total. The molecule has 0 radical (unpaired) electrons. The fourth-order valence-corrected chi connectivity index (χ4v) is 3.52. The Hall–Kier alpha value is -2.44. The molecule has 2 saturated heterocycles. The molecule has 2 fully saturated rings. The number of hydrogen-bond acceptors (Lipinski definition) is 5. The topological polar surface area (TPSA) is 67.2 Å². The van der Waals surface area contributed by atoms with Crippen molar-refractivity contribution in [2.45, 2.75) is 0 Å². The summed E-state index contributed by atoms with van der Waals surface area (Å²) in [5, 5.41) is 4.08. The zero-order valence-corrected chi connectivity index (χ0v) is 12.5. The van der Waals surface area contributed by atoms with Crippen LogP contribution in [0.1, 0.15) is 10.5 Å². The van der Waals surface area contributed by atoms with Crippen LogP contribution >= 0.6 is 0 Å².